The third-order valence-electron chi connectivity index (χ3n) is 3.18. The summed E-state index contributed by atoms with van der Waals surface area (Å²) in [6.07, 6.45) is 0. The van der Waals surface area contributed by atoms with Gasteiger partial charge in [0.15, 0.2) is 5.96 Å². The summed E-state index contributed by atoms with van der Waals surface area (Å²) in [6.45, 7) is 13.6. The summed E-state index contributed by atoms with van der Waals surface area (Å²) in [5.74, 6) is 0.857. The molecule has 4 nitrogen and oxygen atoms in total. The molecule has 0 atom stereocenters. The van der Waals surface area contributed by atoms with Crippen LogP contribution in [-0.4, -0.2) is 38.2 Å². The van der Waals surface area contributed by atoms with Crippen LogP contribution in [0.5, 0.6) is 0 Å². The smallest absolute Gasteiger partial charge is 0.191 e. The van der Waals surface area contributed by atoms with Gasteiger partial charge in [0.2, 0.25) is 0 Å². The average Bonchev–Trinajstić information content (AvgIpc) is 2.91. The van der Waals surface area contributed by atoms with Crippen LogP contribution in [-0.2, 0) is 5.41 Å². The van der Waals surface area contributed by atoms with Crippen LogP contribution >= 0.6 is 35.3 Å². The summed E-state index contributed by atoms with van der Waals surface area (Å²) in [4.78, 5) is 5.67. The first kappa shape index (κ1) is 21.7. The van der Waals surface area contributed by atoms with E-state index in [0.29, 0.717) is 0 Å². The zero-order chi connectivity index (χ0) is 15.9. The van der Waals surface area contributed by atoms with E-state index in [1.54, 1.807) is 11.3 Å². The quantitative estimate of drug-likeness (QED) is 0.277. The van der Waals surface area contributed by atoms with E-state index in [9.17, 15) is 0 Å². The predicted octanol–water partition coefficient (Wildman–Crippen LogP) is 3.20. The molecule has 0 aliphatic carbocycles. The summed E-state index contributed by atoms with van der Waals surface area (Å²) in [6, 6.07) is 4.29. The summed E-state index contributed by atoms with van der Waals surface area (Å²) < 4.78 is 0. The van der Waals surface area contributed by atoms with Crippen molar-refractivity contribution >= 4 is 41.3 Å². The van der Waals surface area contributed by atoms with E-state index in [2.05, 4.69) is 73.1 Å². The number of aliphatic imine (C=N–C) groups is 1. The van der Waals surface area contributed by atoms with Crippen molar-refractivity contribution in [3.05, 3.63) is 22.4 Å². The monoisotopic (exact) mass is 438 g/mol. The highest BCUT2D eigenvalue weighted by Gasteiger charge is 2.21. The molecule has 0 saturated heterocycles. The highest BCUT2D eigenvalue weighted by Crippen LogP contribution is 2.26. The van der Waals surface area contributed by atoms with Gasteiger partial charge in [0, 0.05) is 42.5 Å². The highest BCUT2D eigenvalue weighted by molar-refractivity contribution is 14.0. The third-order valence-corrected chi connectivity index (χ3v) is 4.42. The molecule has 3 N–H and O–H groups in total. The molecule has 1 rings (SSSR count). The normalized spacial score (nSPS) is 12.7. The maximum atomic E-state index is 4.28. The van der Waals surface area contributed by atoms with Gasteiger partial charge in [-0.05, 0) is 32.2 Å². The van der Waals surface area contributed by atoms with Crippen LogP contribution in [0.25, 0.3) is 0 Å². The molecular weight excluding hydrogens is 407 g/mol. The van der Waals surface area contributed by atoms with Crippen LogP contribution < -0.4 is 16.0 Å². The molecule has 0 saturated carbocycles. The van der Waals surface area contributed by atoms with Crippen molar-refractivity contribution < 1.29 is 0 Å². The number of halogens is 1. The summed E-state index contributed by atoms with van der Waals surface area (Å²) in [5, 5.41) is 12.3. The number of rotatable bonds is 6. The van der Waals surface area contributed by atoms with E-state index < -0.39 is 0 Å². The number of nitrogens with one attached hydrogen (secondary N) is 3. The van der Waals surface area contributed by atoms with Crippen molar-refractivity contribution in [1.29, 1.82) is 0 Å². The number of hydrogen-bond acceptors (Lipinski definition) is 3. The average molecular weight is 438 g/mol. The molecule has 0 bridgehead atoms. The van der Waals surface area contributed by atoms with Crippen LogP contribution in [0.3, 0.4) is 0 Å². The lowest BCUT2D eigenvalue weighted by molar-refractivity contribution is 0.428. The molecule has 0 aliphatic rings. The molecule has 1 aromatic rings. The van der Waals surface area contributed by atoms with Crippen molar-refractivity contribution in [3.8, 4) is 0 Å². The zero-order valence-corrected chi connectivity index (χ0v) is 17.8. The second-order valence-electron chi connectivity index (χ2n) is 6.89. The maximum absolute atomic E-state index is 4.28. The molecule has 0 fully saturated rings. The van der Waals surface area contributed by atoms with Crippen molar-refractivity contribution in [3.63, 3.8) is 0 Å². The molecule has 1 aromatic heterocycles. The van der Waals surface area contributed by atoms with Crippen molar-refractivity contribution in [2.75, 3.05) is 26.7 Å². The van der Waals surface area contributed by atoms with E-state index in [-0.39, 0.29) is 34.9 Å². The topological polar surface area (TPSA) is 48.5 Å². The van der Waals surface area contributed by atoms with Gasteiger partial charge >= 0.3 is 0 Å². The Hall–Kier alpha value is -0.340. The molecule has 1 heterocycles. The Morgan fingerprint density at radius 2 is 1.82 bits per heavy atom. The standard InChI is InChI=1S/C16H30N4S.HI/c1-15(2,3)20-10-9-18-14(17-6)19-12-16(4,5)13-8-7-11-21-13;/h7-8,11,20H,9-10,12H2,1-6H3,(H2,17,18,19);1H. The molecule has 0 spiro atoms. The van der Waals surface area contributed by atoms with Crippen LogP contribution in [0.1, 0.15) is 39.5 Å². The van der Waals surface area contributed by atoms with Gasteiger partial charge in [0.05, 0.1) is 0 Å². The van der Waals surface area contributed by atoms with Gasteiger partial charge in [-0.2, -0.15) is 0 Å². The molecular formula is C16H31IN4S. The van der Waals surface area contributed by atoms with Gasteiger partial charge in [-0.25, -0.2) is 0 Å². The fourth-order valence-corrected chi connectivity index (χ4v) is 2.75. The van der Waals surface area contributed by atoms with Crippen LogP contribution in [0.15, 0.2) is 22.5 Å². The number of thiophene rings is 1. The molecule has 0 unspecified atom stereocenters. The molecule has 0 aromatic carbocycles. The van der Waals surface area contributed by atoms with Crippen LogP contribution in [0.2, 0.25) is 0 Å². The molecule has 0 radical (unpaired) electrons. The molecule has 128 valence electrons. The van der Waals surface area contributed by atoms with Gasteiger partial charge < -0.3 is 16.0 Å². The Bertz CT molecular complexity index is 435. The van der Waals surface area contributed by atoms with E-state index >= 15 is 0 Å². The number of guanidine groups is 1. The van der Waals surface area contributed by atoms with Gasteiger partial charge in [-0.1, -0.05) is 19.9 Å². The Morgan fingerprint density at radius 1 is 1.14 bits per heavy atom. The minimum Gasteiger partial charge on any atom is -0.356 e. The van der Waals surface area contributed by atoms with E-state index in [1.807, 2.05) is 7.05 Å². The summed E-state index contributed by atoms with van der Waals surface area (Å²) in [7, 11) is 1.81. The summed E-state index contributed by atoms with van der Waals surface area (Å²) in [5.41, 5.74) is 0.259. The fraction of sp³-hybridized carbons (Fsp3) is 0.688. The lowest BCUT2D eigenvalue weighted by Crippen LogP contribution is -2.46. The Labute approximate surface area is 156 Å². The molecule has 0 amide bonds. The predicted molar refractivity (Wildman–Crippen MR) is 110 cm³/mol. The van der Waals surface area contributed by atoms with Crippen molar-refractivity contribution in [2.24, 2.45) is 4.99 Å². The Kier molecular flexibility index (Phi) is 9.57. The van der Waals surface area contributed by atoms with Gasteiger partial charge in [-0.3, -0.25) is 4.99 Å². The van der Waals surface area contributed by atoms with Crippen LogP contribution in [0.4, 0.5) is 0 Å². The molecule has 22 heavy (non-hydrogen) atoms. The lowest BCUT2D eigenvalue weighted by Gasteiger charge is -2.25. The van der Waals surface area contributed by atoms with Gasteiger partial charge in [-0.15, -0.1) is 35.3 Å². The largest absolute Gasteiger partial charge is 0.356 e. The minimum atomic E-state index is 0. The van der Waals surface area contributed by atoms with E-state index in [0.717, 1.165) is 25.6 Å². The van der Waals surface area contributed by atoms with Crippen molar-refractivity contribution in [2.45, 2.75) is 45.6 Å². The molecule has 6 heteroatoms. The SMILES string of the molecule is CN=C(NCCNC(C)(C)C)NCC(C)(C)c1cccs1.I. The summed E-state index contributed by atoms with van der Waals surface area (Å²) >= 11 is 1.80. The zero-order valence-electron chi connectivity index (χ0n) is 14.6. The Balaban J connectivity index is 0.00000441. The molecule has 0 aliphatic heterocycles. The first-order valence-corrected chi connectivity index (χ1v) is 8.36. The second-order valence-corrected chi connectivity index (χ2v) is 7.84. The Morgan fingerprint density at radius 3 is 2.32 bits per heavy atom. The second kappa shape index (κ2) is 9.72. The first-order chi connectivity index (χ1) is 9.74. The van der Waals surface area contributed by atoms with Gasteiger partial charge in [0.1, 0.15) is 0 Å². The van der Waals surface area contributed by atoms with Gasteiger partial charge in [0.25, 0.3) is 0 Å². The van der Waals surface area contributed by atoms with E-state index in [1.165, 1.54) is 4.88 Å². The maximum Gasteiger partial charge on any atom is 0.191 e. The highest BCUT2D eigenvalue weighted by atomic mass is 127. The minimum absolute atomic E-state index is 0. The number of hydrogen-bond donors (Lipinski definition) is 3. The fourth-order valence-electron chi connectivity index (χ4n) is 1.89. The van der Waals surface area contributed by atoms with Crippen molar-refractivity contribution in [1.82, 2.24) is 16.0 Å². The van der Waals surface area contributed by atoms with E-state index in [4.69, 9.17) is 0 Å². The van der Waals surface area contributed by atoms with Crippen LogP contribution in [0, 0.1) is 0 Å². The lowest BCUT2D eigenvalue weighted by atomic mass is 9.91. The number of nitrogens with zero attached hydrogens (tertiary/aromatic N) is 1. The third kappa shape index (κ3) is 8.33. The first-order valence-electron chi connectivity index (χ1n) is 7.48.